The number of aliphatic hydroxyl groups excluding tert-OH is 1. The van der Waals surface area contributed by atoms with E-state index in [1.165, 1.54) is 11.0 Å². The first-order valence-electron chi connectivity index (χ1n) is 5.96. The Balaban J connectivity index is 2.07. The Labute approximate surface area is 104 Å². The van der Waals surface area contributed by atoms with E-state index in [4.69, 9.17) is 0 Å². The Morgan fingerprint density at radius 1 is 1.39 bits per heavy atom. The lowest BCUT2D eigenvalue weighted by atomic mass is 10.1. The molecule has 1 fully saturated rings. The van der Waals surface area contributed by atoms with E-state index >= 15 is 0 Å². The molecule has 0 spiro atoms. The molecule has 0 bridgehead atoms. The van der Waals surface area contributed by atoms with Crippen LogP contribution < -0.4 is 0 Å². The zero-order chi connectivity index (χ0) is 13.1. The molecule has 2 rings (SSSR count). The molecule has 3 nitrogen and oxygen atoms in total. The molecular weight excluding hydrogens is 240 g/mol. The number of likely N-dealkylation sites (tertiary alicyclic amines) is 1. The smallest absolute Gasteiger partial charge is 0.227 e. The number of rotatable bonds is 2. The van der Waals surface area contributed by atoms with Crippen molar-refractivity contribution in [2.75, 3.05) is 13.1 Å². The average Bonchev–Trinajstić information content (AvgIpc) is 2.34. The number of hydrogen-bond acceptors (Lipinski definition) is 2. The maximum Gasteiger partial charge on any atom is 0.227 e. The van der Waals surface area contributed by atoms with Crippen LogP contribution in [0.25, 0.3) is 0 Å². The topological polar surface area (TPSA) is 40.5 Å². The molecule has 18 heavy (non-hydrogen) atoms. The van der Waals surface area contributed by atoms with Crippen LogP contribution in [0.15, 0.2) is 18.2 Å². The molecular formula is C13H15F2NO2. The zero-order valence-corrected chi connectivity index (χ0v) is 9.90. The predicted molar refractivity (Wildman–Crippen MR) is 61.9 cm³/mol. The van der Waals surface area contributed by atoms with Crippen molar-refractivity contribution < 1.29 is 18.7 Å². The summed E-state index contributed by atoms with van der Waals surface area (Å²) in [6, 6.07) is 3.54. The summed E-state index contributed by atoms with van der Waals surface area (Å²) in [7, 11) is 0. The fourth-order valence-corrected chi connectivity index (χ4v) is 2.15. The molecule has 1 unspecified atom stereocenters. The SMILES string of the molecule is O=C(Cc1c(F)cccc1F)N1CCCC(O)C1. The van der Waals surface area contributed by atoms with E-state index in [2.05, 4.69) is 0 Å². The standard InChI is InChI=1S/C13H15F2NO2/c14-11-4-1-5-12(15)10(11)7-13(18)16-6-2-3-9(17)8-16/h1,4-5,9,17H,2-3,6-8H2. The van der Waals surface area contributed by atoms with Gasteiger partial charge in [-0.05, 0) is 25.0 Å². The minimum Gasteiger partial charge on any atom is -0.391 e. The second-order valence-electron chi connectivity index (χ2n) is 4.51. The number of amides is 1. The van der Waals surface area contributed by atoms with Gasteiger partial charge < -0.3 is 10.0 Å². The summed E-state index contributed by atoms with van der Waals surface area (Å²) < 4.78 is 26.8. The van der Waals surface area contributed by atoms with Gasteiger partial charge in [-0.25, -0.2) is 8.78 Å². The van der Waals surface area contributed by atoms with E-state index in [-0.39, 0.29) is 24.4 Å². The van der Waals surface area contributed by atoms with Crippen molar-refractivity contribution >= 4 is 5.91 Å². The molecule has 1 aromatic rings. The third-order valence-corrected chi connectivity index (χ3v) is 3.14. The number of halogens is 2. The molecule has 1 aromatic carbocycles. The fraction of sp³-hybridized carbons (Fsp3) is 0.462. The van der Waals surface area contributed by atoms with Gasteiger partial charge in [0.25, 0.3) is 0 Å². The van der Waals surface area contributed by atoms with Crippen molar-refractivity contribution in [3.05, 3.63) is 35.4 Å². The van der Waals surface area contributed by atoms with E-state index in [0.717, 1.165) is 12.1 Å². The van der Waals surface area contributed by atoms with Crippen molar-refractivity contribution in [3.63, 3.8) is 0 Å². The Morgan fingerprint density at radius 3 is 2.67 bits per heavy atom. The van der Waals surface area contributed by atoms with Gasteiger partial charge in [0.2, 0.25) is 5.91 Å². The highest BCUT2D eigenvalue weighted by molar-refractivity contribution is 5.79. The molecule has 1 heterocycles. The number of nitrogens with zero attached hydrogens (tertiary/aromatic N) is 1. The van der Waals surface area contributed by atoms with Gasteiger partial charge in [0.05, 0.1) is 12.5 Å². The van der Waals surface area contributed by atoms with Gasteiger partial charge in [0, 0.05) is 18.7 Å². The van der Waals surface area contributed by atoms with Crippen molar-refractivity contribution in [2.24, 2.45) is 0 Å². The number of carbonyl (C=O) groups is 1. The summed E-state index contributed by atoms with van der Waals surface area (Å²) in [5.74, 6) is -1.76. The van der Waals surface area contributed by atoms with Gasteiger partial charge in [-0.15, -0.1) is 0 Å². The molecule has 1 saturated heterocycles. The molecule has 0 saturated carbocycles. The first-order valence-corrected chi connectivity index (χ1v) is 5.96. The van der Waals surface area contributed by atoms with Crippen LogP contribution in [0.1, 0.15) is 18.4 Å². The second-order valence-corrected chi connectivity index (χ2v) is 4.51. The van der Waals surface area contributed by atoms with Crippen LogP contribution in [-0.4, -0.2) is 35.1 Å². The number of hydrogen-bond donors (Lipinski definition) is 1. The molecule has 1 atom stereocenters. The lowest BCUT2D eigenvalue weighted by molar-refractivity contribution is -0.133. The Bertz CT molecular complexity index is 430. The average molecular weight is 255 g/mol. The molecule has 1 amide bonds. The van der Waals surface area contributed by atoms with Crippen molar-refractivity contribution in [2.45, 2.75) is 25.4 Å². The van der Waals surface area contributed by atoms with E-state index in [9.17, 15) is 18.7 Å². The van der Waals surface area contributed by atoms with Gasteiger partial charge in [0.1, 0.15) is 11.6 Å². The van der Waals surface area contributed by atoms with Crippen molar-refractivity contribution in [1.82, 2.24) is 4.90 Å². The summed E-state index contributed by atoms with van der Waals surface area (Å²) in [5, 5.41) is 9.46. The van der Waals surface area contributed by atoms with Crippen LogP contribution in [0.5, 0.6) is 0 Å². The Morgan fingerprint density at radius 2 is 2.06 bits per heavy atom. The first-order chi connectivity index (χ1) is 8.58. The minimum absolute atomic E-state index is 0.206. The van der Waals surface area contributed by atoms with E-state index in [1.807, 2.05) is 0 Å². The highest BCUT2D eigenvalue weighted by atomic mass is 19.1. The molecule has 5 heteroatoms. The Kier molecular flexibility index (Phi) is 3.91. The zero-order valence-electron chi connectivity index (χ0n) is 9.90. The minimum atomic E-state index is -0.707. The number of benzene rings is 1. The normalized spacial score (nSPS) is 19.9. The lowest BCUT2D eigenvalue weighted by Crippen LogP contribution is -2.43. The third kappa shape index (κ3) is 2.85. The van der Waals surface area contributed by atoms with Gasteiger partial charge >= 0.3 is 0 Å². The van der Waals surface area contributed by atoms with Gasteiger partial charge in [-0.3, -0.25) is 4.79 Å². The molecule has 0 aliphatic carbocycles. The molecule has 0 aromatic heterocycles. The Hall–Kier alpha value is -1.49. The summed E-state index contributed by atoms with van der Waals surface area (Å²) in [5.41, 5.74) is -0.206. The lowest BCUT2D eigenvalue weighted by Gasteiger charge is -2.30. The number of aliphatic hydroxyl groups is 1. The van der Waals surface area contributed by atoms with Crippen molar-refractivity contribution in [1.29, 1.82) is 0 Å². The largest absolute Gasteiger partial charge is 0.391 e. The summed E-state index contributed by atoms with van der Waals surface area (Å²) in [6.45, 7) is 0.779. The van der Waals surface area contributed by atoms with E-state index in [1.54, 1.807) is 0 Å². The van der Waals surface area contributed by atoms with Gasteiger partial charge in [-0.2, -0.15) is 0 Å². The van der Waals surface area contributed by atoms with Crippen LogP contribution in [-0.2, 0) is 11.2 Å². The van der Waals surface area contributed by atoms with E-state index in [0.29, 0.717) is 19.4 Å². The van der Waals surface area contributed by atoms with E-state index < -0.39 is 17.7 Å². The van der Waals surface area contributed by atoms with Crippen LogP contribution in [0, 0.1) is 11.6 Å². The highest BCUT2D eigenvalue weighted by Crippen LogP contribution is 2.16. The van der Waals surface area contributed by atoms with Crippen LogP contribution in [0.2, 0.25) is 0 Å². The van der Waals surface area contributed by atoms with Gasteiger partial charge in [-0.1, -0.05) is 6.07 Å². The monoisotopic (exact) mass is 255 g/mol. The molecule has 98 valence electrons. The number of β-amino-alcohol motifs (C(OH)–C–C–N with tert-alkyl or cyclic N) is 1. The second kappa shape index (κ2) is 5.44. The van der Waals surface area contributed by atoms with Crippen LogP contribution in [0.4, 0.5) is 8.78 Å². The molecule has 0 radical (unpaired) electrons. The number of piperidine rings is 1. The van der Waals surface area contributed by atoms with Crippen molar-refractivity contribution in [3.8, 4) is 0 Å². The highest BCUT2D eigenvalue weighted by Gasteiger charge is 2.23. The maximum atomic E-state index is 13.4. The summed E-state index contributed by atoms with van der Waals surface area (Å²) in [6.07, 6.45) is 0.545. The predicted octanol–water partition coefficient (Wildman–Crippen LogP) is 1.49. The first kappa shape index (κ1) is 13.0. The quantitative estimate of drug-likeness (QED) is 0.869. The summed E-state index contributed by atoms with van der Waals surface area (Å²) in [4.78, 5) is 13.4. The maximum absolute atomic E-state index is 13.4. The van der Waals surface area contributed by atoms with Crippen LogP contribution in [0.3, 0.4) is 0 Å². The third-order valence-electron chi connectivity index (χ3n) is 3.14. The van der Waals surface area contributed by atoms with Gasteiger partial charge in [0.15, 0.2) is 0 Å². The summed E-state index contributed by atoms with van der Waals surface area (Å²) >= 11 is 0. The molecule has 1 N–H and O–H groups in total. The number of carbonyl (C=O) groups excluding carboxylic acids is 1. The van der Waals surface area contributed by atoms with Crippen LogP contribution >= 0.6 is 0 Å². The molecule has 1 aliphatic rings. The molecule has 1 aliphatic heterocycles. The fourth-order valence-electron chi connectivity index (χ4n) is 2.15.